The standard InChI is InChI=1S/C28H55NO13/c30-28(31)3-6-32-7-8-33-9-10-34-11-12-35-13-14-36-15-16-37-17-18-38-19-20-39-21-22-40-23-24-41-25-26-42-27-1-4-29-5-2-27/h27,29H,1-26H2,(H,30,31). The molecule has 1 heterocycles. The molecule has 0 aromatic rings. The van der Waals surface area contributed by atoms with Crippen LogP contribution in [0.3, 0.4) is 0 Å². The SMILES string of the molecule is O=C(O)CCOCCOCCOCCOCCOCCOCCOCCOCCOCCOCCOC1CCNCC1. The Balaban J connectivity index is 1.61. The van der Waals surface area contributed by atoms with Crippen LogP contribution in [0.2, 0.25) is 0 Å². The first-order valence-corrected chi connectivity index (χ1v) is 15.1. The van der Waals surface area contributed by atoms with Gasteiger partial charge >= 0.3 is 5.97 Å². The molecule has 0 atom stereocenters. The number of rotatable bonds is 34. The first-order valence-electron chi connectivity index (χ1n) is 15.1. The summed E-state index contributed by atoms with van der Waals surface area (Å²) in [4.78, 5) is 10.3. The maximum absolute atomic E-state index is 10.3. The summed E-state index contributed by atoms with van der Waals surface area (Å²) in [6.07, 6.45) is 2.52. The normalized spacial score (nSPS) is 14.1. The molecule has 0 radical (unpaired) electrons. The zero-order valence-electron chi connectivity index (χ0n) is 25.3. The van der Waals surface area contributed by atoms with E-state index in [1.165, 1.54) is 0 Å². The fraction of sp³-hybridized carbons (Fsp3) is 0.964. The van der Waals surface area contributed by atoms with Crippen LogP contribution in [0.15, 0.2) is 0 Å². The van der Waals surface area contributed by atoms with Crippen molar-refractivity contribution in [1.82, 2.24) is 5.32 Å². The monoisotopic (exact) mass is 613 g/mol. The Morgan fingerprint density at radius 1 is 0.452 bits per heavy atom. The lowest BCUT2D eigenvalue weighted by atomic mass is 10.1. The van der Waals surface area contributed by atoms with Crippen LogP contribution in [0.5, 0.6) is 0 Å². The van der Waals surface area contributed by atoms with E-state index in [2.05, 4.69) is 5.32 Å². The molecule has 1 fully saturated rings. The summed E-state index contributed by atoms with van der Waals surface area (Å²) in [5.74, 6) is -0.872. The number of carboxylic acids is 1. The molecule has 2 N–H and O–H groups in total. The van der Waals surface area contributed by atoms with E-state index < -0.39 is 5.97 Å². The van der Waals surface area contributed by atoms with E-state index in [-0.39, 0.29) is 13.0 Å². The molecule has 42 heavy (non-hydrogen) atoms. The van der Waals surface area contributed by atoms with Crippen molar-refractivity contribution in [2.45, 2.75) is 25.4 Å². The first-order chi connectivity index (χ1) is 20.8. The summed E-state index contributed by atoms with van der Waals surface area (Å²) in [5.41, 5.74) is 0. The number of carbonyl (C=O) groups is 1. The molecule has 250 valence electrons. The van der Waals surface area contributed by atoms with Crippen molar-refractivity contribution >= 4 is 5.97 Å². The third-order valence-corrected chi connectivity index (χ3v) is 5.68. The van der Waals surface area contributed by atoms with E-state index in [4.69, 9.17) is 57.2 Å². The van der Waals surface area contributed by atoms with Crippen LogP contribution in [0.25, 0.3) is 0 Å². The number of nitrogens with one attached hydrogen (secondary N) is 1. The minimum absolute atomic E-state index is 0.000407. The van der Waals surface area contributed by atoms with Gasteiger partial charge in [0.1, 0.15) is 0 Å². The predicted molar refractivity (Wildman–Crippen MR) is 152 cm³/mol. The molecule has 14 heteroatoms. The van der Waals surface area contributed by atoms with Gasteiger partial charge in [-0.2, -0.15) is 0 Å². The molecule has 1 saturated heterocycles. The van der Waals surface area contributed by atoms with Crippen molar-refractivity contribution < 1.29 is 62.0 Å². The Bertz CT molecular complexity index is 556. The molecule has 1 aliphatic rings. The molecule has 0 aromatic carbocycles. The highest BCUT2D eigenvalue weighted by Gasteiger charge is 2.12. The third kappa shape index (κ3) is 30.4. The largest absolute Gasteiger partial charge is 0.481 e. The van der Waals surface area contributed by atoms with Crippen molar-refractivity contribution in [3.63, 3.8) is 0 Å². The number of hydrogen-bond donors (Lipinski definition) is 2. The smallest absolute Gasteiger partial charge is 0.305 e. The fourth-order valence-corrected chi connectivity index (χ4v) is 3.48. The first kappa shape index (κ1) is 39.0. The summed E-state index contributed by atoms with van der Waals surface area (Å²) in [5, 5.41) is 11.8. The maximum atomic E-state index is 10.3. The van der Waals surface area contributed by atoms with Gasteiger partial charge in [0.25, 0.3) is 0 Å². The zero-order valence-corrected chi connectivity index (χ0v) is 25.3. The fourth-order valence-electron chi connectivity index (χ4n) is 3.48. The lowest BCUT2D eigenvalue weighted by Gasteiger charge is -2.22. The molecule has 1 aliphatic heterocycles. The molecule has 0 saturated carbocycles. The Morgan fingerprint density at radius 3 is 1.00 bits per heavy atom. The second-order valence-electron chi connectivity index (χ2n) is 9.09. The highest BCUT2D eigenvalue weighted by molar-refractivity contribution is 5.66. The van der Waals surface area contributed by atoms with Crippen LogP contribution in [0.4, 0.5) is 0 Å². The lowest BCUT2D eigenvalue weighted by Crippen LogP contribution is -2.33. The summed E-state index contributed by atoms with van der Waals surface area (Å²) in [6, 6.07) is 0. The average molecular weight is 614 g/mol. The minimum atomic E-state index is -0.872. The number of aliphatic carboxylic acids is 1. The predicted octanol–water partition coefficient (Wildman–Crippen LogP) is 0.396. The van der Waals surface area contributed by atoms with Crippen molar-refractivity contribution in [2.24, 2.45) is 0 Å². The molecule has 0 bridgehead atoms. The Morgan fingerprint density at radius 2 is 0.714 bits per heavy atom. The average Bonchev–Trinajstić information content (AvgIpc) is 3.00. The molecular formula is C28H55NO13. The van der Waals surface area contributed by atoms with E-state index in [9.17, 15) is 4.79 Å². The molecule has 0 aliphatic carbocycles. The maximum Gasteiger partial charge on any atom is 0.305 e. The van der Waals surface area contributed by atoms with Gasteiger partial charge in [-0.15, -0.1) is 0 Å². The van der Waals surface area contributed by atoms with Crippen LogP contribution in [0.1, 0.15) is 19.3 Å². The zero-order chi connectivity index (χ0) is 30.0. The van der Waals surface area contributed by atoms with Gasteiger partial charge < -0.3 is 62.5 Å². The van der Waals surface area contributed by atoms with Gasteiger partial charge in [-0.05, 0) is 25.9 Å². The molecule has 14 nitrogen and oxygen atoms in total. The second-order valence-corrected chi connectivity index (χ2v) is 9.09. The second kappa shape index (κ2) is 32.9. The van der Waals surface area contributed by atoms with Crippen LogP contribution < -0.4 is 5.32 Å². The number of hydrogen-bond acceptors (Lipinski definition) is 13. The number of carboxylic acid groups (broad SMARTS) is 1. The third-order valence-electron chi connectivity index (χ3n) is 5.68. The number of ether oxygens (including phenoxy) is 11. The van der Waals surface area contributed by atoms with Gasteiger partial charge in [0.05, 0.1) is 151 Å². The number of piperidine rings is 1. The van der Waals surface area contributed by atoms with Gasteiger partial charge in [-0.3, -0.25) is 4.79 Å². The molecular weight excluding hydrogens is 558 g/mol. The van der Waals surface area contributed by atoms with Crippen LogP contribution >= 0.6 is 0 Å². The molecule has 0 unspecified atom stereocenters. The molecule has 0 spiro atoms. The van der Waals surface area contributed by atoms with Crippen molar-refractivity contribution in [2.75, 3.05) is 152 Å². The van der Waals surface area contributed by atoms with Crippen molar-refractivity contribution in [3.8, 4) is 0 Å². The van der Waals surface area contributed by atoms with E-state index in [1.54, 1.807) is 0 Å². The van der Waals surface area contributed by atoms with E-state index in [0.29, 0.717) is 138 Å². The van der Waals surface area contributed by atoms with Gasteiger partial charge in [0.15, 0.2) is 0 Å². The van der Waals surface area contributed by atoms with Gasteiger partial charge in [-0.1, -0.05) is 0 Å². The highest BCUT2D eigenvalue weighted by Crippen LogP contribution is 2.06. The summed E-state index contributed by atoms with van der Waals surface area (Å²) in [6.45, 7) is 12.3. The van der Waals surface area contributed by atoms with E-state index in [0.717, 1.165) is 25.9 Å². The van der Waals surface area contributed by atoms with Crippen LogP contribution in [0, 0.1) is 0 Å². The van der Waals surface area contributed by atoms with Crippen molar-refractivity contribution in [1.29, 1.82) is 0 Å². The van der Waals surface area contributed by atoms with Gasteiger partial charge in [0.2, 0.25) is 0 Å². The van der Waals surface area contributed by atoms with E-state index >= 15 is 0 Å². The Labute approximate surface area is 250 Å². The summed E-state index contributed by atoms with van der Waals surface area (Å²) >= 11 is 0. The van der Waals surface area contributed by atoms with Gasteiger partial charge in [0, 0.05) is 0 Å². The van der Waals surface area contributed by atoms with Gasteiger partial charge in [-0.25, -0.2) is 0 Å². The Kier molecular flexibility index (Phi) is 30.6. The topological polar surface area (TPSA) is 151 Å². The quantitative estimate of drug-likeness (QED) is 0.0963. The Hall–Kier alpha value is -1.01. The molecule has 0 aromatic heterocycles. The summed E-state index contributed by atoms with van der Waals surface area (Å²) < 4.78 is 59.9. The van der Waals surface area contributed by atoms with Crippen molar-refractivity contribution in [3.05, 3.63) is 0 Å². The van der Waals surface area contributed by atoms with Crippen LogP contribution in [-0.2, 0) is 56.9 Å². The molecule has 1 rings (SSSR count). The highest BCUT2D eigenvalue weighted by atomic mass is 16.6. The van der Waals surface area contributed by atoms with Crippen LogP contribution in [-0.4, -0.2) is 169 Å². The minimum Gasteiger partial charge on any atom is -0.481 e. The summed E-state index contributed by atoms with van der Waals surface area (Å²) in [7, 11) is 0. The molecule has 0 amide bonds. The van der Waals surface area contributed by atoms with E-state index in [1.807, 2.05) is 0 Å². The lowest BCUT2D eigenvalue weighted by molar-refractivity contribution is -0.138.